The van der Waals surface area contributed by atoms with Gasteiger partial charge in [0.25, 0.3) is 0 Å². The minimum atomic E-state index is -1.99. The standard InChI is InChI=1S/C49H80O28/c1-17-11-18-5-8-26-48(2,9-4-10-49(26,3)47(67)77-45-40(35(63)30(58)24(15-53)72-45)75-43-37(65)33(61)28(56)22(13-51)70-43)19(18)6-7-20(17)68-46-41(76-44-38(66)34(62)29(57)23(14-52)71-44)39(31(59)25(16-54)73-46)74-42-36(64)32(60)27(55)21(12-50)69-42/h18-46,50-66H,1,4-16H2,2-3H3/t18?,19-,20?,21?,22?,23?,24?,25?,26?,27?,28?,29?,30?,31?,32?,33?,34?,35?,36?,37?,38?,39?,40?,41?,42?,43?,44?,45?,46?,48+,49-/m1/s1. The van der Waals surface area contributed by atoms with Gasteiger partial charge in [0.2, 0.25) is 6.29 Å². The largest absolute Gasteiger partial charge is 0.432 e. The highest BCUT2D eigenvalue weighted by Gasteiger charge is 2.62. The van der Waals surface area contributed by atoms with Crippen molar-refractivity contribution in [1.29, 1.82) is 0 Å². The molecule has 0 radical (unpaired) electrons. The Morgan fingerprint density at radius 1 is 0.481 bits per heavy atom. The molecule has 8 aliphatic rings. The Hall–Kier alpha value is -1.83. The highest BCUT2D eigenvalue weighted by atomic mass is 16.8. The fourth-order valence-corrected chi connectivity index (χ4v) is 13.5. The van der Waals surface area contributed by atoms with Crippen LogP contribution in [-0.4, -0.2) is 285 Å². The summed E-state index contributed by atoms with van der Waals surface area (Å²) >= 11 is 0. The van der Waals surface area contributed by atoms with E-state index in [-0.39, 0.29) is 24.2 Å². The lowest BCUT2D eigenvalue weighted by Crippen LogP contribution is -2.67. The SMILES string of the molecule is C=C1CC2CCC3[C@](C)(C(=O)OC4OC(CO)C(O)C(O)C4OC4OC(CO)C(O)C(O)C4O)CCC[C@@]3(C)[C@@H]2CCC1OC1OC(CO)C(O)C(OC2OC(CO)C(O)C(O)C2O)C1OC1OC(CO)C(O)C(O)C1O. The molecule has 0 aromatic carbocycles. The summed E-state index contributed by atoms with van der Waals surface area (Å²) in [6, 6.07) is 0. The van der Waals surface area contributed by atoms with Crippen LogP contribution in [-0.2, 0) is 52.2 Å². The van der Waals surface area contributed by atoms with Gasteiger partial charge in [-0.3, -0.25) is 4.79 Å². The van der Waals surface area contributed by atoms with E-state index in [4.69, 9.17) is 47.4 Å². The van der Waals surface area contributed by atoms with E-state index in [0.29, 0.717) is 50.5 Å². The van der Waals surface area contributed by atoms with E-state index < -0.39 is 209 Å². The molecule has 8 rings (SSSR count). The van der Waals surface area contributed by atoms with E-state index in [1.807, 2.05) is 0 Å². The molecule has 17 N–H and O–H groups in total. The van der Waals surface area contributed by atoms with Crippen molar-refractivity contribution in [2.24, 2.45) is 28.6 Å². The van der Waals surface area contributed by atoms with Crippen LogP contribution in [0.3, 0.4) is 0 Å². The molecule has 0 amide bonds. The Kier molecular flexibility index (Phi) is 19.8. The first kappa shape index (κ1) is 61.2. The second-order valence-corrected chi connectivity index (χ2v) is 22.6. The van der Waals surface area contributed by atoms with Gasteiger partial charge in [-0.1, -0.05) is 19.9 Å². The van der Waals surface area contributed by atoms with E-state index in [9.17, 15) is 91.6 Å². The van der Waals surface area contributed by atoms with Crippen molar-refractivity contribution < 1.29 is 139 Å². The molecule has 28 unspecified atom stereocenters. The van der Waals surface area contributed by atoms with Gasteiger partial charge >= 0.3 is 5.97 Å². The number of aliphatic hydroxyl groups is 17. The summed E-state index contributed by atoms with van der Waals surface area (Å²) < 4.78 is 59.5. The number of hydrogen-bond acceptors (Lipinski definition) is 28. The van der Waals surface area contributed by atoms with Crippen LogP contribution in [0.15, 0.2) is 12.2 Å². The first-order valence-electron chi connectivity index (χ1n) is 26.5. The summed E-state index contributed by atoms with van der Waals surface area (Å²) in [4.78, 5) is 14.8. The lowest BCUT2D eigenvalue weighted by molar-refractivity contribution is -0.394. The van der Waals surface area contributed by atoms with E-state index in [0.717, 1.165) is 0 Å². The third-order valence-corrected chi connectivity index (χ3v) is 18.0. The lowest BCUT2D eigenvalue weighted by atomic mass is 9.45. The molecule has 5 heterocycles. The normalized spacial score (nSPS) is 52.7. The number of aliphatic hydroxyl groups excluding tert-OH is 17. The van der Waals surface area contributed by atoms with Crippen LogP contribution in [0.25, 0.3) is 0 Å². The van der Waals surface area contributed by atoms with E-state index in [1.165, 1.54) is 0 Å². The van der Waals surface area contributed by atoms with Crippen molar-refractivity contribution in [3.05, 3.63) is 12.2 Å². The first-order chi connectivity index (χ1) is 36.5. The molecule has 8 fully saturated rings. The summed E-state index contributed by atoms with van der Waals surface area (Å²) in [5.74, 6) is -1.16. The third kappa shape index (κ3) is 11.6. The van der Waals surface area contributed by atoms with Crippen molar-refractivity contribution in [3.63, 3.8) is 0 Å². The number of carbonyl (C=O) groups excluding carboxylic acids is 1. The Bertz CT molecular complexity index is 1950. The molecule has 28 heteroatoms. The highest BCUT2D eigenvalue weighted by molar-refractivity contribution is 5.77. The molecule has 31 atom stereocenters. The maximum absolute atomic E-state index is 14.8. The number of rotatable bonds is 15. The van der Waals surface area contributed by atoms with Gasteiger partial charge in [-0.25, -0.2) is 0 Å². The molecule has 3 saturated carbocycles. The van der Waals surface area contributed by atoms with Crippen LogP contribution in [0.4, 0.5) is 0 Å². The summed E-state index contributed by atoms with van der Waals surface area (Å²) in [5, 5.41) is 180. The lowest BCUT2D eigenvalue weighted by Gasteiger charge is -2.59. The van der Waals surface area contributed by atoms with Crippen LogP contribution in [0.2, 0.25) is 0 Å². The van der Waals surface area contributed by atoms with E-state index in [2.05, 4.69) is 13.5 Å². The molecular formula is C49H80O28. The molecule has 28 nitrogen and oxygen atoms in total. The molecule has 0 aromatic heterocycles. The van der Waals surface area contributed by atoms with E-state index in [1.54, 1.807) is 6.92 Å². The van der Waals surface area contributed by atoms with Gasteiger partial charge < -0.3 is 134 Å². The van der Waals surface area contributed by atoms with Crippen LogP contribution in [0, 0.1) is 28.6 Å². The molecule has 0 aromatic rings. The van der Waals surface area contributed by atoms with Crippen LogP contribution < -0.4 is 0 Å². The Balaban J connectivity index is 1.02. The predicted octanol–water partition coefficient (Wildman–Crippen LogP) is -7.43. The van der Waals surface area contributed by atoms with Crippen LogP contribution >= 0.6 is 0 Å². The maximum Gasteiger partial charge on any atom is 0.314 e. The fourth-order valence-electron chi connectivity index (χ4n) is 13.5. The van der Waals surface area contributed by atoms with Gasteiger partial charge in [-0.05, 0) is 80.6 Å². The second kappa shape index (κ2) is 24.9. The predicted molar refractivity (Wildman–Crippen MR) is 249 cm³/mol. The zero-order valence-corrected chi connectivity index (χ0v) is 42.7. The Morgan fingerprint density at radius 3 is 1.40 bits per heavy atom. The van der Waals surface area contributed by atoms with Gasteiger partial charge in [0.15, 0.2) is 31.3 Å². The third-order valence-electron chi connectivity index (χ3n) is 18.0. The summed E-state index contributed by atoms with van der Waals surface area (Å²) in [6.45, 7) is 4.16. The highest BCUT2D eigenvalue weighted by Crippen LogP contribution is 2.64. The van der Waals surface area contributed by atoms with Gasteiger partial charge in [0, 0.05) is 0 Å². The summed E-state index contributed by atoms with van der Waals surface area (Å²) in [6.07, 6.45) is -41.1. The maximum atomic E-state index is 14.8. The topological polar surface area (TPSA) is 453 Å². The zero-order chi connectivity index (χ0) is 56.2. The monoisotopic (exact) mass is 1120 g/mol. The number of esters is 1. The van der Waals surface area contributed by atoms with Crippen LogP contribution in [0.5, 0.6) is 0 Å². The second-order valence-electron chi connectivity index (χ2n) is 22.6. The molecule has 5 aliphatic heterocycles. The zero-order valence-electron chi connectivity index (χ0n) is 42.7. The number of ether oxygens (including phenoxy) is 10. The quantitative estimate of drug-likeness (QED) is 0.0535. The van der Waals surface area contributed by atoms with Gasteiger partial charge in [0.05, 0.1) is 44.6 Å². The average Bonchev–Trinajstić information content (AvgIpc) is 3.62. The van der Waals surface area contributed by atoms with Crippen molar-refractivity contribution in [2.75, 3.05) is 33.0 Å². The molecule has 0 bridgehead atoms. The first-order valence-corrected chi connectivity index (χ1v) is 26.5. The minimum Gasteiger partial charge on any atom is -0.432 e. The number of carbonyl (C=O) groups is 1. The number of fused-ring (bicyclic) bond motifs is 3. The van der Waals surface area contributed by atoms with Gasteiger partial charge in [-0.2, -0.15) is 0 Å². The summed E-state index contributed by atoms with van der Waals surface area (Å²) in [5.41, 5.74) is -1.14. The van der Waals surface area contributed by atoms with E-state index >= 15 is 0 Å². The van der Waals surface area contributed by atoms with Crippen molar-refractivity contribution in [1.82, 2.24) is 0 Å². The smallest absolute Gasteiger partial charge is 0.314 e. The molecule has 3 aliphatic carbocycles. The van der Waals surface area contributed by atoms with Gasteiger partial charge in [0.1, 0.15) is 116 Å². The Morgan fingerprint density at radius 2 is 0.909 bits per heavy atom. The van der Waals surface area contributed by atoms with Gasteiger partial charge in [-0.15, -0.1) is 0 Å². The minimum absolute atomic E-state index is 0.00150. The summed E-state index contributed by atoms with van der Waals surface area (Å²) in [7, 11) is 0. The van der Waals surface area contributed by atoms with Crippen molar-refractivity contribution in [2.45, 2.75) is 225 Å². The fraction of sp³-hybridized carbons (Fsp3) is 0.939. The molecule has 0 spiro atoms. The average molecular weight is 1120 g/mol. The molecule has 444 valence electrons. The molecule has 77 heavy (non-hydrogen) atoms. The van der Waals surface area contributed by atoms with Crippen LogP contribution in [0.1, 0.15) is 65.2 Å². The number of hydrogen-bond donors (Lipinski definition) is 17. The molecular weight excluding hydrogens is 1040 g/mol. The van der Waals surface area contributed by atoms with Crippen molar-refractivity contribution in [3.8, 4) is 0 Å². The molecule has 5 saturated heterocycles. The van der Waals surface area contributed by atoms with Crippen molar-refractivity contribution >= 4 is 5.97 Å². The Labute approximate surface area is 442 Å².